The minimum absolute atomic E-state index is 0.00898. The van der Waals surface area contributed by atoms with Gasteiger partial charge in [-0.3, -0.25) is 4.79 Å². The van der Waals surface area contributed by atoms with Gasteiger partial charge in [0.1, 0.15) is 6.10 Å². The molecule has 1 fully saturated rings. The molecule has 1 saturated heterocycles. The third kappa shape index (κ3) is 10.8. The van der Waals surface area contributed by atoms with Crippen molar-refractivity contribution in [2.45, 2.75) is 116 Å². The van der Waals surface area contributed by atoms with Crippen LogP contribution in [0.3, 0.4) is 0 Å². The first kappa shape index (κ1) is 18.5. The van der Waals surface area contributed by atoms with Crippen LogP contribution in [-0.2, 0) is 9.53 Å². The van der Waals surface area contributed by atoms with Gasteiger partial charge in [0, 0.05) is 6.42 Å². The van der Waals surface area contributed by atoms with E-state index in [1.54, 1.807) is 0 Å². The summed E-state index contributed by atoms with van der Waals surface area (Å²) >= 11 is 0. The van der Waals surface area contributed by atoms with E-state index >= 15 is 0 Å². The molecule has 0 aromatic carbocycles. The lowest BCUT2D eigenvalue weighted by molar-refractivity contribution is -0.141. The molecule has 0 aromatic heterocycles. The van der Waals surface area contributed by atoms with Crippen molar-refractivity contribution in [3.05, 3.63) is 0 Å². The summed E-state index contributed by atoms with van der Waals surface area (Å²) in [4.78, 5) is 11.0. The Kier molecular flexibility index (Phi) is 11.6. The molecule has 0 spiro atoms. The lowest BCUT2D eigenvalue weighted by Gasteiger charge is -2.08. The standard InChI is InChI=1S/C19H36O2/c1-2-3-4-5-6-7-8-9-10-11-12-13-14-15-18-16-17-19(20)21-18/h18H,2-17H2,1H3. The Morgan fingerprint density at radius 3 is 1.71 bits per heavy atom. The van der Waals surface area contributed by atoms with Gasteiger partial charge >= 0.3 is 5.97 Å². The van der Waals surface area contributed by atoms with Crippen molar-refractivity contribution in [1.29, 1.82) is 0 Å². The molecule has 1 atom stereocenters. The van der Waals surface area contributed by atoms with Gasteiger partial charge in [-0.2, -0.15) is 0 Å². The predicted molar refractivity (Wildman–Crippen MR) is 89.4 cm³/mol. The van der Waals surface area contributed by atoms with Crippen LogP contribution in [0.2, 0.25) is 0 Å². The smallest absolute Gasteiger partial charge is 0.306 e. The van der Waals surface area contributed by atoms with Crippen molar-refractivity contribution in [2.24, 2.45) is 0 Å². The van der Waals surface area contributed by atoms with Gasteiger partial charge < -0.3 is 4.74 Å². The topological polar surface area (TPSA) is 26.3 Å². The molecule has 0 N–H and O–H groups in total. The normalized spacial score (nSPS) is 18.1. The predicted octanol–water partition coefficient (Wildman–Crippen LogP) is 6.17. The Morgan fingerprint density at radius 1 is 0.810 bits per heavy atom. The van der Waals surface area contributed by atoms with Crippen molar-refractivity contribution in [2.75, 3.05) is 0 Å². The zero-order chi connectivity index (χ0) is 15.2. The zero-order valence-electron chi connectivity index (χ0n) is 14.2. The highest BCUT2D eigenvalue weighted by atomic mass is 16.5. The van der Waals surface area contributed by atoms with Crippen LogP contribution >= 0.6 is 0 Å². The molecule has 124 valence electrons. The number of rotatable bonds is 14. The lowest BCUT2D eigenvalue weighted by atomic mass is 10.0. The second kappa shape index (κ2) is 13.2. The third-order valence-electron chi connectivity index (χ3n) is 4.60. The molecule has 0 aromatic rings. The Hall–Kier alpha value is -0.530. The van der Waals surface area contributed by atoms with E-state index < -0.39 is 0 Å². The Labute approximate surface area is 132 Å². The molecule has 1 aliphatic heterocycles. The van der Waals surface area contributed by atoms with E-state index in [4.69, 9.17) is 4.74 Å². The van der Waals surface area contributed by atoms with Crippen LogP contribution in [-0.4, -0.2) is 12.1 Å². The van der Waals surface area contributed by atoms with Crippen LogP contribution in [0.5, 0.6) is 0 Å². The van der Waals surface area contributed by atoms with E-state index in [1.807, 2.05) is 0 Å². The van der Waals surface area contributed by atoms with Crippen LogP contribution in [0.25, 0.3) is 0 Å². The molecule has 0 radical (unpaired) electrons. The number of unbranched alkanes of at least 4 members (excludes halogenated alkanes) is 12. The molecule has 0 amide bonds. The fraction of sp³-hybridized carbons (Fsp3) is 0.947. The molecular weight excluding hydrogens is 260 g/mol. The molecule has 0 aliphatic carbocycles. The van der Waals surface area contributed by atoms with Crippen molar-refractivity contribution in [3.63, 3.8) is 0 Å². The monoisotopic (exact) mass is 296 g/mol. The summed E-state index contributed by atoms with van der Waals surface area (Å²) in [6.45, 7) is 2.28. The first-order chi connectivity index (χ1) is 10.3. The summed E-state index contributed by atoms with van der Waals surface area (Å²) in [6, 6.07) is 0. The minimum Gasteiger partial charge on any atom is -0.462 e. The van der Waals surface area contributed by atoms with E-state index in [1.165, 1.54) is 83.5 Å². The van der Waals surface area contributed by atoms with Gasteiger partial charge in [-0.05, 0) is 19.3 Å². The average molecular weight is 296 g/mol. The molecule has 1 rings (SSSR count). The lowest BCUT2D eigenvalue weighted by Crippen LogP contribution is -2.06. The Morgan fingerprint density at radius 2 is 1.29 bits per heavy atom. The molecule has 2 nitrogen and oxygen atoms in total. The molecule has 2 heteroatoms. The van der Waals surface area contributed by atoms with E-state index in [0.717, 1.165) is 12.8 Å². The summed E-state index contributed by atoms with van der Waals surface area (Å²) in [5.74, 6) is 0.00898. The molecule has 1 aliphatic rings. The van der Waals surface area contributed by atoms with E-state index in [0.29, 0.717) is 6.42 Å². The molecule has 1 heterocycles. The Balaban J connectivity index is 1.70. The fourth-order valence-corrected chi connectivity index (χ4v) is 3.18. The number of hydrogen-bond donors (Lipinski definition) is 0. The van der Waals surface area contributed by atoms with Gasteiger partial charge in [-0.25, -0.2) is 0 Å². The van der Waals surface area contributed by atoms with Crippen LogP contribution < -0.4 is 0 Å². The number of cyclic esters (lactones) is 1. The first-order valence-corrected chi connectivity index (χ1v) is 9.52. The third-order valence-corrected chi connectivity index (χ3v) is 4.60. The van der Waals surface area contributed by atoms with Crippen LogP contribution in [0, 0.1) is 0 Å². The van der Waals surface area contributed by atoms with Crippen molar-refractivity contribution < 1.29 is 9.53 Å². The van der Waals surface area contributed by atoms with Gasteiger partial charge in [0.05, 0.1) is 0 Å². The summed E-state index contributed by atoms with van der Waals surface area (Å²) in [6.07, 6.45) is 21.0. The fourth-order valence-electron chi connectivity index (χ4n) is 3.18. The maximum atomic E-state index is 11.0. The molecule has 21 heavy (non-hydrogen) atoms. The summed E-state index contributed by atoms with van der Waals surface area (Å²) in [7, 11) is 0. The summed E-state index contributed by atoms with van der Waals surface area (Å²) < 4.78 is 5.23. The van der Waals surface area contributed by atoms with Crippen LogP contribution in [0.1, 0.15) is 110 Å². The van der Waals surface area contributed by atoms with Crippen LogP contribution in [0.15, 0.2) is 0 Å². The quantitative estimate of drug-likeness (QED) is 0.283. The molecular formula is C19H36O2. The highest BCUT2D eigenvalue weighted by molar-refractivity contribution is 5.71. The highest BCUT2D eigenvalue weighted by Crippen LogP contribution is 2.20. The number of ether oxygens (including phenoxy) is 1. The maximum absolute atomic E-state index is 11.0. The number of esters is 1. The second-order valence-corrected chi connectivity index (χ2v) is 6.68. The SMILES string of the molecule is CCCCCCCCCCCCCCCC1CCC(=O)O1. The number of hydrogen-bond acceptors (Lipinski definition) is 2. The number of carbonyl (C=O) groups excluding carboxylic acids is 1. The van der Waals surface area contributed by atoms with E-state index in [-0.39, 0.29) is 12.1 Å². The highest BCUT2D eigenvalue weighted by Gasteiger charge is 2.22. The van der Waals surface area contributed by atoms with E-state index in [9.17, 15) is 4.79 Å². The maximum Gasteiger partial charge on any atom is 0.306 e. The van der Waals surface area contributed by atoms with Gasteiger partial charge in [-0.15, -0.1) is 0 Å². The number of carbonyl (C=O) groups is 1. The van der Waals surface area contributed by atoms with Crippen LogP contribution in [0.4, 0.5) is 0 Å². The van der Waals surface area contributed by atoms with E-state index in [2.05, 4.69) is 6.92 Å². The van der Waals surface area contributed by atoms with Crippen molar-refractivity contribution in [1.82, 2.24) is 0 Å². The molecule has 0 saturated carbocycles. The summed E-state index contributed by atoms with van der Waals surface area (Å²) in [5, 5.41) is 0. The van der Waals surface area contributed by atoms with Gasteiger partial charge in [0.2, 0.25) is 0 Å². The zero-order valence-corrected chi connectivity index (χ0v) is 14.2. The Bertz CT molecular complexity index is 250. The first-order valence-electron chi connectivity index (χ1n) is 9.52. The van der Waals surface area contributed by atoms with Crippen molar-refractivity contribution in [3.8, 4) is 0 Å². The van der Waals surface area contributed by atoms with Gasteiger partial charge in [0.15, 0.2) is 0 Å². The van der Waals surface area contributed by atoms with Gasteiger partial charge in [0.25, 0.3) is 0 Å². The van der Waals surface area contributed by atoms with Crippen molar-refractivity contribution >= 4 is 5.97 Å². The molecule has 0 bridgehead atoms. The average Bonchev–Trinajstić information content (AvgIpc) is 2.89. The summed E-state index contributed by atoms with van der Waals surface area (Å²) in [5.41, 5.74) is 0. The second-order valence-electron chi connectivity index (χ2n) is 6.68. The van der Waals surface area contributed by atoms with Gasteiger partial charge in [-0.1, -0.05) is 84.0 Å². The molecule has 1 unspecified atom stereocenters. The largest absolute Gasteiger partial charge is 0.462 e. The minimum atomic E-state index is 0.00898.